The van der Waals surface area contributed by atoms with E-state index in [4.69, 9.17) is 4.74 Å². The molecule has 2 unspecified atom stereocenters. The third-order valence-electron chi connectivity index (χ3n) is 5.91. The number of carbonyl (C=O) groups is 2. The van der Waals surface area contributed by atoms with Crippen LogP contribution in [0.25, 0.3) is 11.1 Å². The highest BCUT2D eigenvalue weighted by molar-refractivity contribution is 5.93. The number of pyridine rings is 1. The van der Waals surface area contributed by atoms with Crippen molar-refractivity contribution >= 4 is 11.9 Å². The summed E-state index contributed by atoms with van der Waals surface area (Å²) in [7, 11) is 0. The SMILES string of the molecule is CC(=O)c1ccc(C(O)C(O)CCNC(=O)OCC2c3ccccc3-c3ccccc32)nc1. The maximum Gasteiger partial charge on any atom is 0.407 e. The Balaban J connectivity index is 1.27. The summed E-state index contributed by atoms with van der Waals surface area (Å²) in [5.41, 5.74) is 5.26. The molecule has 1 heterocycles. The summed E-state index contributed by atoms with van der Waals surface area (Å²) < 4.78 is 5.46. The number of carbonyl (C=O) groups excluding carboxylic acids is 2. The first-order chi connectivity index (χ1) is 16.0. The summed E-state index contributed by atoms with van der Waals surface area (Å²) in [5.74, 6) is -0.156. The molecule has 2 aromatic carbocycles. The van der Waals surface area contributed by atoms with Crippen LogP contribution in [-0.2, 0) is 4.74 Å². The van der Waals surface area contributed by atoms with Crippen LogP contribution in [0.5, 0.6) is 0 Å². The minimum atomic E-state index is -1.23. The van der Waals surface area contributed by atoms with Crippen molar-refractivity contribution in [1.29, 1.82) is 0 Å². The average Bonchev–Trinajstić information content (AvgIpc) is 3.16. The van der Waals surface area contributed by atoms with Gasteiger partial charge < -0.3 is 20.3 Å². The molecule has 170 valence electrons. The molecule has 1 aromatic heterocycles. The molecule has 3 aromatic rings. The van der Waals surface area contributed by atoms with Gasteiger partial charge in [-0.1, -0.05) is 48.5 Å². The molecule has 1 aliphatic rings. The Morgan fingerprint density at radius 3 is 2.21 bits per heavy atom. The van der Waals surface area contributed by atoms with Crippen molar-refractivity contribution in [3.05, 3.63) is 89.2 Å². The highest BCUT2D eigenvalue weighted by Gasteiger charge is 2.29. The van der Waals surface area contributed by atoms with Crippen LogP contribution in [0.3, 0.4) is 0 Å². The first kappa shape index (κ1) is 22.6. The molecule has 0 saturated heterocycles. The smallest absolute Gasteiger partial charge is 0.407 e. The number of Topliss-reactive ketones (excluding diaryl/α,β-unsaturated/α-hetero) is 1. The van der Waals surface area contributed by atoms with Gasteiger partial charge in [0.25, 0.3) is 0 Å². The van der Waals surface area contributed by atoms with Gasteiger partial charge >= 0.3 is 6.09 Å². The summed E-state index contributed by atoms with van der Waals surface area (Å²) >= 11 is 0. The van der Waals surface area contributed by atoms with E-state index in [9.17, 15) is 19.8 Å². The Hall–Kier alpha value is -3.55. The van der Waals surface area contributed by atoms with Crippen molar-refractivity contribution in [2.24, 2.45) is 0 Å². The fourth-order valence-corrected chi connectivity index (χ4v) is 4.12. The first-order valence-corrected chi connectivity index (χ1v) is 10.9. The van der Waals surface area contributed by atoms with Crippen LogP contribution < -0.4 is 5.32 Å². The van der Waals surface area contributed by atoms with Crippen molar-refractivity contribution in [3.63, 3.8) is 0 Å². The number of amides is 1. The fourth-order valence-electron chi connectivity index (χ4n) is 4.12. The van der Waals surface area contributed by atoms with Crippen molar-refractivity contribution in [2.45, 2.75) is 31.5 Å². The molecule has 0 radical (unpaired) electrons. The molecule has 0 fully saturated rings. The summed E-state index contributed by atoms with van der Waals surface area (Å²) in [6.07, 6.45) is -1.46. The van der Waals surface area contributed by atoms with Crippen LogP contribution in [-0.4, -0.2) is 46.3 Å². The van der Waals surface area contributed by atoms with Gasteiger partial charge in [-0.25, -0.2) is 4.79 Å². The summed E-state index contributed by atoms with van der Waals surface area (Å²) in [6.45, 7) is 1.76. The van der Waals surface area contributed by atoms with Gasteiger partial charge in [0, 0.05) is 24.2 Å². The Morgan fingerprint density at radius 1 is 1.00 bits per heavy atom. The molecular weight excluding hydrogens is 420 g/mol. The second-order valence-electron chi connectivity index (χ2n) is 8.08. The van der Waals surface area contributed by atoms with E-state index in [-0.39, 0.29) is 37.0 Å². The van der Waals surface area contributed by atoms with Crippen LogP contribution in [0, 0.1) is 0 Å². The Bertz CT molecular complexity index is 1100. The first-order valence-electron chi connectivity index (χ1n) is 10.9. The number of nitrogens with one attached hydrogen (secondary N) is 1. The molecular formula is C26H26N2O5. The third kappa shape index (κ3) is 4.94. The van der Waals surface area contributed by atoms with Crippen molar-refractivity contribution < 1.29 is 24.5 Å². The number of aliphatic hydroxyl groups excluding tert-OH is 2. The predicted molar refractivity (Wildman–Crippen MR) is 123 cm³/mol. The molecule has 4 rings (SSSR count). The Morgan fingerprint density at radius 2 is 1.64 bits per heavy atom. The number of aliphatic hydroxyl groups is 2. The van der Waals surface area contributed by atoms with Crippen LogP contribution in [0.1, 0.15) is 52.5 Å². The van der Waals surface area contributed by atoms with Gasteiger partial charge in [-0.05, 0) is 47.7 Å². The van der Waals surface area contributed by atoms with Crippen LogP contribution in [0.4, 0.5) is 4.79 Å². The quantitative estimate of drug-likeness (QED) is 0.456. The summed E-state index contributed by atoms with van der Waals surface area (Å²) in [6, 6.07) is 19.3. The number of hydrogen-bond acceptors (Lipinski definition) is 6. The van der Waals surface area contributed by atoms with E-state index in [0.29, 0.717) is 5.56 Å². The average molecular weight is 447 g/mol. The van der Waals surface area contributed by atoms with Crippen molar-refractivity contribution in [1.82, 2.24) is 10.3 Å². The van der Waals surface area contributed by atoms with Gasteiger partial charge in [0.1, 0.15) is 12.7 Å². The van der Waals surface area contributed by atoms with E-state index >= 15 is 0 Å². The minimum absolute atomic E-state index is 0.0281. The van der Waals surface area contributed by atoms with Gasteiger partial charge in [0.15, 0.2) is 5.78 Å². The number of ketones is 1. The minimum Gasteiger partial charge on any atom is -0.449 e. The van der Waals surface area contributed by atoms with E-state index in [1.165, 1.54) is 19.2 Å². The number of rotatable bonds is 8. The lowest BCUT2D eigenvalue weighted by atomic mass is 9.98. The predicted octanol–water partition coefficient (Wildman–Crippen LogP) is 3.61. The second-order valence-corrected chi connectivity index (χ2v) is 8.08. The largest absolute Gasteiger partial charge is 0.449 e. The van der Waals surface area contributed by atoms with Crippen molar-refractivity contribution in [2.75, 3.05) is 13.2 Å². The number of nitrogens with zero attached hydrogens (tertiary/aromatic N) is 1. The number of fused-ring (bicyclic) bond motifs is 3. The maximum atomic E-state index is 12.2. The maximum absolute atomic E-state index is 12.2. The second kappa shape index (κ2) is 9.94. The van der Waals surface area contributed by atoms with Crippen LogP contribution in [0.15, 0.2) is 66.9 Å². The molecule has 0 bridgehead atoms. The van der Waals surface area contributed by atoms with E-state index in [1.54, 1.807) is 6.07 Å². The van der Waals surface area contributed by atoms with E-state index in [1.807, 2.05) is 24.3 Å². The van der Waals surface area contributed by atoms with E-state index in [2.05, 4.69) is 34.6 Å². The van der Waals surface area contributed by atoms with E-state index in [0.717, 1.165) is 22.3 Å². The molecule has 7 heteroatoms. The van der Waals surface area contributed by atoms with Crippen LogP contribution >= 0.6 is 0 Å². The zero-order valence-electron chi connectivity index (χ0n) is 18.3. The van der Waals surface area contributed by atoms with Gasteiger partial charge in [-0.3, -0.25) is 9.78 Å². The summed E-state index contributed by atoms with van der Waals surface area (Å²) in [5, 5.41) is 23.1. The molecule has 0 saturated carbocycles. The lowest BCUT2D eigenvalue weighted by Crippen LogP contribution is -2.30. The molecule has 7 nitrogen and oxygen atoms in total. The number of alkyl carbamates (subject to hydrolysis) is 1. The lowest BCUT2D eigenvalue weighted by molar-refractivity contribution is 0.0112. The molecule has 0 aliphatic heterocycles. The fraction of sp³-hybridized carbons (Fsp3) is 0.269. The Labute approximate surface area is 192 Å². The van der Waals surface area contributed by atoms with Gasteiger partial charge in [-0.2, -0.15) is 0 Å². The molecule has 33 heavy (non-hydrogen) atoms. The van der Waals surface area contributed by atoms with Gasteiger partial charge in [0.2, 0.25) is 0 Å². The zero-order chi connectivity index (χ0) is 23.4. The number of aromatic nitrogens is 1. The lowest BCUT2D eigenvalue weighted by Gasteiger charge is -2.18. The number of ether oxygens (including phenoxy) is 1. The molecule has 2 atom stereocenters. The number of hydrogen-bond donors (Lipinski definition) is 3. The molecule has 1 amide bonds. The Kier molecular flexibility index (Phi) is 6.82. The highest BCUT2D eigenvalue weighted by atomic mass is 16.5. The number of benzene rings is 2. The van der Waals surface area contributed by atoms with Crippen LogP contribution in [0.2, 0.25) is 0 Å². The standard InChI is InChI=1S/C26H26N2O5/c1-16(29)17-10-11-23(28-14-17)25(31)24(30)12-13-27-26(32)33-15-22-20-8-4-2-6-18(20)19-7-3-5-9-21(19)22/h2-11,14,22,24-25,30-31H,12-13,15H2,1H3,(H,27,32). The van der Waals surface area contributed by atoms with Gasteiger partial charge in [-0.15, -0.1) is 0 Å². The summed E-state index contributed by atoms with van der Waals surface area (Å²) in [4.78, 5) is 27.6. The third-order valence-corrected chi connectivity index (χ3v) is 5.91. The molecule has 0 spiro atoms. The highest BCUT2D eigenvalue weighted by Crippen LogP contribution is 2.44. The topological polar surface area (TPSA) is 109 Å². The van der Waals surface area contributed by atoms with Crippen molar-refractivity contribution in [3.8, 4) is 11.1 Å². The normalized spacial score (nSPS) is 14.2. The van der Waals surface area contributed by atoms with E-state index < -0.39 is 18.3 Å². The molecule has 1 aliphatic carbocycles. The zero-order valence-corrected chi connectivity index (χ0v) is 18.3. The monoisotopic (exact) mass is 446 g/mol. The van der Waals surface area contributed by atoms with Gasteiger partial charge in [0.05, 0.1) is 11.8 Å². The molecule has 3 N–H and O–H groups in total.